The Bertz CT molecular complexity index is 727. The van der Waals surface area contributed by atoms with E-state index in [0.717, 1.165) is 12.0 Å². The summed E-state index contributed by atoms with van der Waals surface area (Å²) in [6.45, 7) is 3.08. The first-order valence-corrected chi connectivity index (χ1v) is 8.32. The predicted molar refractivity (Wildman–Crippen MR) is 93.3 cm³/mol. The van der Waals surface area contributed by atoms with Crippen molar-refractivity contribution >= 4 is 11.8 Å². The fourth-order valence-corrected chi connectivity index (χ4v) is 3.09. The summed E-state index contributed by atoms with van der Waals surface area (Å²) in [6.07, 6.45) is 1.16. The SMILES string of the molecule is C[C@H](NC(=O)Cc1ccccc1)C(=O)N1CCc2ccccc2C1. The van der Waals surface area contributed by atoms with Crippen molar-refractivity contribution in [1.29, 1.82) is 0 Å². The standard InChI is InChI=1S/C20H22N2O2/c1-15(21-19(23)13-16-7-3-2-4-8-16)20(24)22-12-11-17-9-5-6-10-18(17)14-22/h2-10,15H,11-14H2,1H3,(H,21,23)/t15-/m0/s1. The molecule has 24 heavy (non-hydrogen) atoms. The van der Waals surface area contributed by atoms with Gasteiger partial charge in [-0.05, 0) is 30.0 Å². The van der Waals surface area contributed by atoms with Gasteiger partial charge in [0.15, 0.2) is 0 Å². The van der Waals surface area contributed by atoms with Crippen LogP contribution in [0.5, 0.6) is 0 Å². The maximum atomic E-state index is 12.6. The quantitative estimate of drug-likeness (QED) is 0.939. The number of nitrogens with one attached hydrogen (secondary N) is 1. The average Bonchev–Trinajstić information content (AvgIpc) is 2.61. The van der Waals surface area contributed by atoms with E-state index in [4.69, 9.17) is 0 Å². The monoisotopic (exact) mass is 322 g/mol. The van der Waals surface area contributed by atoms with Crippen molar-refractivity contribution in [3.05, 3.63) is 71.3 Å². The van der Waals surface area contributed by atoms with Crippen molar-refractivity contribution in [2.24, 2.45) is 0 Å². The van der Waals surface area contributed by atoms with E-state index >= 15 is 0 Å². The van der Waals surface area contributed by atoms with E-state index < -0.39 is 6.04 Å². The van der Waals surface area contributed by atoms with Crippen LogP contribution in [0, 0.1) is 0 Å². The molecular formula is C20H22N2O2. The number of carbonyl (C=O) groups is 2. The highest BCUT2D eigenvalue weighted by atomic mass is 16.2. The number of nitrogens with zero attached hydrogens (tertiary/aromatic N) is 1. The second-order valence-corrected chi connectivity index (χ2v) is 6.23. The molecular weight excluding hydrogens is 300 g/mol. The summed E-state index contributed by atoms with van der Waals surface area (Å²) in [5.74, 6) is -0.148. The number of hydrogen-bond acceptors (Lipinski definition) is 2. The van der Waals surface area contributed by atoms with Gasteiger partial charge in [0.05, 0.1) is 6.42 Å². The van der Waals surface area contributed by atoms with Gasteiger partial charge in [0.1, 0.15) is 6.04 Å². The Morgan fingerprint density at radius 2 is 1.71 bits per heavy atom. The van der Waals surface area contributed by atoms with E-state index in [1.165, 1.54) is 11.1 Å². The van der Waals surface area contributed by atoms with E-state index in [-0.39, 0.29) is 11.8 Å². The Hall–Kier alpha value is -2.62. The molecule has 0 spiro atoms. The smallest absolute Gasteiger partial charge is 0.245 e. The second kappa shape index (κ2) is 7.30. The van der Waals surface area contributed by atoms with Gasteiger partial charge in [-0.15, -0.1) is 0 Å². The van der Waals surface area contributed by atoms with Gasteiger partial charge < -0.3 is 10.2 Å². The minimum Gasteiger partial charge on any atom is -0.344 e. The van der Waals surface area contributed by atoms with Crippen LogP contribution in [-0.4, -0.2) is 29.3 Å². The first-order chi connectivity index (χ1) is 11.6. The van der Waals surface area contributed by atoms with Crippen LogP contribution in [0.1, 0.15) is 23.6 Å². The van der Waals surface area contributed by atoms with Crippen molar-refractivity contribution in [1.82, 2.24) is 10.2 Å². The van der Waals surface area contributed by atoms with Gasteiger partial charge in [0.2, 0.25) is 11.8 Å². The first kappa shape index (κ1) is 16.2. The maximum Gasteiger partial charge on any atom is 0.245 e. The molecule has 0 saturated carbocycles. The molecule has 3 rings (SSSR count). The maximum absolute atomic E-state index is 12.6. The van der Waals surface area contributed by atoms with Gasteiger partial charge in [-0.3, -0.25) is 9.59 Å². The van der Waals surface area contributed by atoms with E-state index in [2.05, 4.69) is 17.4 Å². The highest BCUT2D eigenvalue weighted by Gasteiger charge is 2.25. The van der Waals surface area contributed by atoms with Crippen LogP contribution < -0.4 is 5.32 Å². The second-order valence-electron chi connectivity index (χ2n) is 6.23. The zero-order chi connectivity index (χ0) is 16.9. The topological polar surface area (TPSA) is 49.4 Å². The molecule has 0 fully saturated rings. The van der Waals surface area contributed by atoms with Crippen LogP contribution in [0.15, 0.2) is 54.6 Å². The number of amides is 2. The Morgan fingerprint density at radius 1 is 1.04 bits per heavy atom. The molecule has 0 aliphatic carbocycles. The molecule has 1 aliphatic heterocycles. The van der Waals surface area contributed by atoms with Crippen molar-refractivity contribution < 1.29 is 9.59 Å². The molecule has 0 bridgehead atoms. The molecule has 1 heterocycles. The average molecular weight is 322 g/mol. The molecule has 4 nitrogen and oxygen atoms in total. The molecule has 2 amide bonds. The zero-order valence-corrected chi connectivity index (χ0v) is 13.9. The van der Waals surface area contributed by atoms with Crippen LogP contribution in [-0.2, 0) is 29.0 Å². The highest BCUT2D eigenvalue weighted by Crippen LogP contribution is 2.19. The Balaban J connectivity index is 1.56. The van der Waals surface area contributed by atoms with Crippen molar-refractivity contribution in [3.63, 3.8) is 0 Å². The lowest BCUT2D eigenvalue weighted by Gasteiger charge is -2.31. The normalized spacial score (nSPS) is 14.6. The zero-order valence-electron chi connectivity index (χ0n) is 13.9. The largest absolute Gasteiger partial charge is 0.344 e. The fourth-order valence-electron chi connectivity index (χ4n) is 3.09. The molecule has 0 unspecified atom stereocenters. The molecule has 1 N–H and O–H groups in total. The van der Waals surface area contributed by atoms with E-state index in [1.807, 2.05) is 47.4 Å². The summed E-state index contributed by atoms with van der Waals surface area (Å²) < 4.78 is 0. The molecule has 1 atom stereocenters. The van der Waals surface area contributed by atoms with Gasteiger partial charge in [0, 0.05) is 13.1 Å². The van der Waals surface area contributed by atoms with E-state index in [9.17, 15) is 9.59 Å². The Labute approximate surface area is 142 Å². The van der Waals surface area contributed by atoms with Crippen LogP contribution in [0.4, 0.5) is 0 Å². The number of rotatable bonds is 4. The van der Waals surface area contributed by atoms with Gasteiger partial charge in [0.25, 0.3) is 0 Å². The summed E-state index contributed by atoms with van der Waals surface area (Å²) >= 11 is 0. The minimum absolute atomic E-state index is 0.0223. The molecule has 1 aliphatic rings. The third-order valence-corrected chi connectivity index (χ3v) is 4.40. The van der Waals surface area contributed by atoms with Crippen molar-refractivity contribution in [3.8, 4) is 0 Å². The lowest BCUT2D eigenvalue weighted by molar-refractivity contribution is -0.136. The first-order valence-electron chi connectivity index (χ1n) is 8.32. The molecule has 2 aromatic carbocycles. The van der Waals surface area contributed by atoms with Crippen LogP contribution in [0.2, 0.25) is 0 Å². The minimum atomic E-state index is -0.508. The fraction of sp³-hybridized carbons (Fsp3) is 0.300. The number of hydrogen-bond donors (Lipinski definition) is 1. The Morgan fingerprint density at radius 3 is 2.46 bits per heavy atom. The van der Waals surface area contributed by atoms with Crippen molar-refractivity contribution in [2.45, 2.75) is 32.4 Å². The van der Waals surface area contributed by atoms with Gasteiger partial charge >= 0.3 is 0 Å². The van der Waals surface area contributed by atoms with Crippen LogP contribution >= 0.6 is 0 Å². The summed E-state index contributed by atoms with van der Waals surface area (Å²) in [4.78, 5) is 26.6. The molecule has 124 valence electrons. The molecule has 0 saturated heterocycles. The molecule has 0 aromatic heterocycles. The highest BCUT2D eigenvalue weighted by molar-refractivity contribution is 5.88. The summed E-state index contributed by atoms with van der Waals surface area (Å²) in [5.41, 5.74) is 3.45. The lowest BCUT2D eigenvalue weighted by atomic mass is 9.99. The lowest BCUT2D eigenvalue weighted by Crippen LogP contribution is -2.48. The summed E-state index contributed by atoms with van der Waals surface area (Å²) in [5, 5.41) is 2.82. The summed E-state index contributed by atoms with van der Waals surface area (Å²) in [7, 11) is 0. The van der Waals surface area contributed by atoms with Gasteiger partial charge in [-0.1, -0.05) is 54.6 Å². The third-order valence-electron chi connectivity index (χ3n) is 4.40. The van der Waals surface area contributed by atoms with E-state index in [0.29, 0.717) is 19.5 Å². The predicted octanol–water partition coefficient (Wildman–Crippen LogP) is 2.32. The number of carbonyl (C=O) groups excluding carboxylic acids is 2. The summed E-state index contributed by atoms with van der Waals surface area (Å²) in [6, 6.07) is 17.2. The number of benzene rings is 2. The van der Waals surface area contributed by atoms with Crippen molar-refractivity contribution in [2.75, 3.05) is 6.54 Å². The van der Waals surface area contributed by atoms with Crippen LogP contribution in [0.25, 0.3) is 0 Å². The van der Waals surface area contributed by atoms with Gasteiger partial charge in [-0.2, -0.15) is 0 Å². The van der Waals surface area contributed by atoms with Gasteiger partial charge in [-0.25, -0.2) is 0 Å². The number of fused-ring (bicyclic) bond motifs is 1. The third kappa shape index (κ3) is 3.82. The molecule has 0 radical (unpaired) electrons. The molecule has 4 heteroatoms. The molecule has 2 aromatic rings. The Kier molecular flexibility index (Phi) is 4.94. The van der Waals surface area contributed by atoms with Crippen LogP contribution in [0.3, 0.4) is 0 Å². The van der Waals surface area contributed by atoms with E-state index in [1.54, 1.807) is 6.92 Å².